The summed E-state index contributed by atoms with van der Waals surface area (Å²) in [6.07, 6.45) is -7.01. The molecule has 3 rings (SSSR count). The molecule has 1 amide bonds. The van der Waals surface area contributed by atoms with E-state index < -0.39 is 56.9 Å². The Hall–Kier alpha value is -1.66. The minimum atomic E-state index is -5.07. The summed E-state index contributed by atoms with van der Waals surface area (Å²) in [5.74, 6) is -2.15. The molecule has 36 heavy (non-hydrogen) atoms. The van der Waals surface area contributed by atoms with E-state index in [0.717, 1.165) is 25.7 Å². The number of amides is 1. The number of hydrogen-bond donors (Lipinski definition) is 2. The van der Waals surface area contributed by atoms with Crippen LogP contribution in [0, 0.1) is 0 Å². The van der Waals surface area contributed by atoms with E-state index in [1.165, 1.54) is 0 Å². The van der Waals surface area contributed by atoms with E-state index in [2.05, 4.69) is 5.32 Å². The van der Waals surface area contributed by atoms with E-state index in [1.807, 2.05) is 27.7 Å². The fraction of sp³-hybridized carbons (Fsp3) is 0.583. The minimum Gasteiger partial charge on any atom is -0.478 e. The van der Waals surface area contributed by atoms with Gasteiger partial charge in [-0.25, -0.2) is 4.79 Å². The molecule has 4 nitrogen and oxygen atoms in total. The number of anilines is 1. The Morgan fingerprint density at radius 1 is 0.750 bits per heavy atom. The molecule has 2 fully saturated rings. The molecule has 4 atom stereocenters. The first-order valence-corrected chi connectivity index (χ1v) is 14.6. The van der Waals surface area contributed by atoms with Crippen molar-refractivity contribution < 1.29 is 41.0 Å². The number of carboxylic acids is 1. The average molecular weight is 555 g/mol. The van der Waals surface area contributed by atoms with Crippen molar-refractivity contribution in [1.29, 1.82) is 0 Å². The van der Waals surface area contributed by atoms with Gasteiger partial charge in [0, 0.05) is 5.69 Å². The van der Waals surface area contributed by atoms with E-state index in [4.69, 9.17) is 0 Å². The third kappa shape index (κ3) is 6.07. The van der Waals surface area contributed by atoms with Gasteiger partial charge < -0.3 is 10.4 Å². The van der Waals surface area contributed by atoms with Crippen LogP contribution < -0.4 is 5.32 Å². The summed E-state index contributed by atoms with van der Waals surface area (Å²) in [6.45, 7) is 7.71. The van der Waals surface area contributed by atoms with Crippen LogP contribution in [0.4, 0.5) is 32.0 Å². The maximum atomic E-state index is 13.7. The van der Waals surface area contributed by atoms with Gasteiger partial charge in [0.2, 0.25) is 0 Å². The molecule has 200 valence electrons. The molecule has 0 saturated carbocycles. The van der Waals surface area contributed by atoms with Gasteiger partial charge in [-0.15, -0.1) is 0 Å². The van der Waals surface area contributed by atoms with Gasteiger partial charge in [-0.1, -0.05) is 43.5 Å². The number of halogens is 6. The average Bonchev–Trinajstić information content (AvgIpc) is 3.25. The second-order valence-corrected chi connectivity index (χ2v) is 15.7. The molecule has 0 bridgehead atoms. The van der Waals surface area contributed by atoms with Crippen LogP contribution in [0.5, 0.6) is 0 Å². The van der Waals surface area contributed by atoms with Gasteiger partial charge in [0.1, 0.15) is 0 Å². The first-order chi connectivity index (χ1) is 16.5. The molecule has 2 N–H and O–H groups in total. The van der Waals surface area contributed by atoms with E-state index in [0.29, 0.717) is 12.1 Å². The zero-order valence-corrected chi connectivity index (χ0v) is 22.1. The summed E-state index contributed by atoms with van der Waals surface area (Å²) < 4.78 is 80.1. The van der Waals surface area contributed by atoms with Gasteiger partial charge in [0.25, 0.3) is 5.91 Å². The first-order valence-electron chi connectivity index (χ1n) is 11.7. The van der Waals surface area contributed by atoms with Crippen molar-refractivity contribution in [2.24, 2.45) is 0 Å². The highest BCUT2D eigenvalue weighted by molar-refractivity contribution is 7.69. The molecule has 2 heterocycles. The lowest BCUT2D eigenvalue weighted by atomic mass is 10.1. The van der Waals surface area contributed by atoms with Gasteiger partial charge in [-0.05, 0) is 66.5 Å². The van der Waals surface area contributed by atoms with Crippen molar-refractivity contribution in [3.8, 4) is 0 Å². The molecule has 1 aromatic carbocycles. The number of carbonyl (C=O) groups is 2. The third-order valence-corrected chi connectivity index (χ3v) is 13.8. The van der Waals surface area contributed by atoms with Crippen LogP contribution in [0.15, 0.2) is 28.8 Å². The Morgan fingerprint density at radius 3 is 1.44 bits per heavy atom. The molecule has 1 aromatic rings. The molecule has 0 spiro atoms. The van der Waals surface area contributed by atoms with Crippen LogP contribution in [-0.4, -0.2) is 39.6 Å². The normalized spacial score (nSPS) is 26.7. The summed E-state index contributed by atoms with van der Waals surface area (Å²) in [5.41, 5.74) is -3.69. The molecule has 2 aliphatic rings. The lowest BCUT2D eigenvalue weighted by Crippen LogP contribution is -2.23. The number of carbonyl (C=O) groups excluding carboxylic acids is 1. The summed E-state index contributed by atoms with van der Waals surface area (Å²) in [6, 6.07) is 0.892. The molecule has 0 radical (unpaired) electrons. The standard InChI is InChI=1S/C24H29F6NO3P2/c1-12-5-6-13(2)35(12)19(20(22(33)34)36-14(3)7-8-15(36)4)21(32)31-18-10-16(23(25,26)27)9-17(11-18)24(28,29)30/h9-15H,5-8H2,1-4H3,(H,31,32)(H,33,34)/b20-19-/t12-,13-,14-,15-/m1/s1. The number of hydrogen-bond acceptors (Lipinski definition) is 2. The highest BCUT2D eigenvalue weighted by Gasteiger charge is 2.44. The molecular weight excluding hydrogens is 526 g/mol. The molecule has 2 aliphatic heterocycles. The maximum Gasteiger partial charge on any atom is 0.416 e. The summed E-state index contributed by atoms with van der Waals surface area (Å²) >= 11 is 0. The topological polar surface area (TPSA) is 66.4 Å². The van der Waals surface area contributed by atoms with Crippen molar-refractivity contribution in [3.63, 3.8) is 0 Å². The molecule has 0 aromatic heterocycles. The highest BCUT2D eigenvalue weighted by atomic mass is 31.1. The zero-order chi connectivity index (χ0) is 27.2. The quantitative estimate of drug-likeness (QED) is 0.219. The minimum absolute atomic E-state index is 0.000519. The lowest BCUT2D eigenvalue weighted by molar-refractivity contribution is -0.143. The van der Waals surface area contributed by atoms with Crippen molar-refractivity contribution >= 4 is 33.4 Å². The number of alkyl halides is 6. The second-order valence-electron chi connectivity index (χ2n) is 9.62. The van der Waals surface area contributed by atoms with Crippen molar-refractivity contribution in [3.05, 3.63) is 40.0 Å². The van der Waals surface area contributed by atoms with E-state index in [-0.39, 0.29) is 39.3 Å². The van der Waals surface area contributed by atoms with Gasteiger partial charge in [0.15, 0.2) is 0 Å². The Morgan fingerprint density at radius 2 is 1.11 bits per heavy atom. The van der Waals surface area contributed by atoms with Crippen LogP contribution in [0.25, 0.3) is 0 Å². The van der Waals surface area contributed by atoms with Gasteiger partial charge in [-0.2, -0.15) is 26.3 Å². The Bertz CT molecular complexity index is 1000. The van der Waals surface area contributed by atoms with Crippen LogP contribution in [0.3, 0.4) is 0 Å². The van der Waals surface area contributed by atoms with Crippen LogP contribution in [-0.2, 0) is 21.9 Å². The predicted octanol–water partition coefficient (Wildman–Crippen LogP) is 8.06. The fourth-order valence-electron chi connectivity index (χ4n) is 5.17. The van der Waals surface area contributed by atoms with Crippen LogP contribution >= 0.6 is 15.8 Å². The Labute approximate surface area is 208 Å². The van der Waals surface area contributed by atoms with Crippen molar-refractivity contribution in [2.45, 2.75) is 88.4 Å². The number of aliphatic carboxylic acids is 1. The van der Waals surface area contributed by atoms with Gasteiger partial charge in [-0.3, -0.25) is 4.79 Å². The van der Waals surface area contributed by atoms with Crippen LogP contribution in [0.2, 0.25) is 0 Å². The monoisotopic (exact) mass is 555 g/mol. The smallest absolute Gasteiger partial charge is 0.416 e. The molecule has 2 saturated heterocycles. The lowest BCUT2D eigenvalue weighted by Gasteiger charge is -2.30. The SMILES string of the molecule is C[C@@H]1CC[C@@H](C)P1/C(C(=O)O)=C(/C(=O)Nc1cc(C(F)(F)F)cc(C(F)(F)F)c1)P1[C@H](C)CC[C@H]1C. The second kappa shape index (κ2) is 10.6. The fourth-order valence-corrected chi connectivity index (χ4v) is 12.3. The number of benzene rings is 1. The number of carboxylic acid groups (broad SMARTS) is 1. The maximum absolute atomic E-state index is 13.7. The summed E-state index contributed by atoms with van der Waals surface area (Å²) in [5, 5.41) is 12.6. The van der Waals surface area contributed by atoms with E-state index in [9.17, 15) is 41.0 Å². The Balaban J connectivity index is 2.17. The largest absolute Gasteiger partial charge is 0.478 e. The molecule has 0 unspecified atom stereocenters. The summed E-state index contributed by atoms with van der Waals surface area (Å²) in [7, 11) is -2.54. The molecule has 12 heteroatoms. The zero-order valence-electron chi connectivity index (χ0n) is 20.3. The molecular formula is C24H29F6NO3P2. The predicted molar refractivity (Wildman–Crippen MR) is 130 cm³/mol. The van der Waals surface area contributed by atoms with Crippen LogP contribution in [0.1, 0.15) is 64.5 Å². The van der Waals surface area contributed by atoms with E-state index in [1.54, 1.807) is 0 Å². The first kappa shape index (κ1) is 28.9. The van der Waals surface area contributed by atoms with E-state index >= 15 is 0 Å². The highest BCUT2D eigenvalue weighted by Crippen LogP contribution is 2.69. The van der Waals surface area contributed by atoms with Crippen molar-refractivity contribution in [2.75, 3.05) is 5.32 Å². The molecule has 0 aliphatic carbocycles. The summed E-state index contributed by atoms with van der Waals surface area (Å²) in [4.78, 5) is 26.3. The third-order valence-electron chi connectivity index (χ3n) is 6.91. The van der Waals surface area contributed by atoms with Gasteiger partial charge >= 0.3 is 18.3 Å². The van der Waals surface area contributed by atoms with Crippen molar-refractivity contribution in [1.82, 2.24) is 0 Å². The van der Waals surface area contributed by atoms with Gasteiger partial charge in [0.05, 0.1) is 21.8 Å². The number of rotatable bonds is 5. The number of nitrogens with one attached hydrogen (secondary N) is 1. The Kier molecular flexibility index (Phi) is 8.52.